The van der Waals surface area contributed by atoms with Gasteiger partial charge in [-0.25, -0.2) is 0 Å². The fraction of sp³-hybridized carbons (Fsp3) is 0.0588. The van der Waals surface area contributed by atoms with Crippen molar-refractivity contribution >= 4 is 46.4 Å². The Hall–Kier alpha value is -2.19. The maximum absolute atomic E-state index is 12.1. The van der Waals surface area contributed by atoms with Crippen molar-refractivity contribution in [3.05, 3.63) is 74.9 Å². The molecule has 1 amide bonds. The number of rotatable bonds is 5. The van der Waals surface area contributed by atoms with Crippen LogP contribution in [-0.2, 0) is 11.3 Å². The lowest BCUT2D eigenvalue weighted by Crippen LogP contribution is -2.24. The number of nitrogens with zero attached hydrogens (tertiary/aromatic N) is 1. The minimum absolute atomic E-state index is 0.0897. The first kappa shape index (κ1) is 18.2. The fourth-order valence-electron chi connectivity index (χ4n) is 1.82. The third-order valence-corrected chi connectivity index (χ3v) is 3.98. The van der Waals surface area contributed by atoms with Crippen LogP contribution in [0.4, 0.5) is 5.69 Å². The summed E-state index contributed by atoms with van der Waals surface area (Å²) in [6.07, 6.45) is 1.29. The molecule has 0 aliphatic heterocycles. The minimum atomic E-state index is -0.519. The Kier molecular flexibility index (Phi) is 6.51. The molecule has 0 saturated heterocycles. The summed E-state index contributed by atoms with van der Waals surface area (Å²) < 4.78 is 0. The molecule has 0 fully saturated rings. The quantitative estimate of drug-likeness (QED) is 0.579. The first-order valence-electron chi connectivity index (χ1n) is 6.84. The smallest absolute Gasteiger partial charge is 0.263 e. The molecule has 0 bridgehead atoms. The summed E-state index contributed by atoms with van der Waals surface area (Å²) in [4.78, 5) is 12.1. The summed E-state index contributed by atoms with van der Waals surface area (Å²) in [7, 11) is 0. The zero-order valence-corrected chi connectivity index (χ0v) is 14.6. The van der Waals surface area contributed by atoms with Crippen molar-refractivity contribution < 1.29 is 4.79 Å². The predicted octanol–water partition coefficient (Wildman–Crippen LogP) is 4.78. The number of carbonyl (C=O) groups excluding carboxylic acids is 1. The van der Waals surface area contributed by atoms with Crippen molar-refractivity contribution in [3.63, 3.8) is 0 Å². The van der Waals surface area contributed by atoms with E-state index in [-0.39, 0.29) is 12.1 Å². The van der Waals surface area contributed by atoms with E-state index >= 15 is 0 Å². The van der Waals surface area contributed by atoms with Gasteiger partial charge in [-0.2, -0.15) is 5.26 Å². The Morgan fingerprint density at radius 3 is 2.54 bits per heavy atom. The van der Waals surface area contributed by atoms with Gasteiger partial charge in [-0.1, -0.05) is 53.0 Å². The molecule has 122 valence electrons. The lowest BCUT2D eigenvalue weighted by Gasteiger charge is -2.07. The monoisotopic (exact) mass is 379 g/mol. The molecule has 0 aliphatic rings. The molecule has 2 aromatic rings. The van der Waals surface area contributed by atoms with Gasteiger partial charge in [-0.15, -0.1) is 0 Å². The van der Waals surface area contributed by atoms with Crippen molar-refractivity contribution in [2.45, 2.75) is 6.54 Å². The highest BCUT2D eigenvalue weighted by atomic mass is 35.5. The molecule has 0 aliphatic carbocycles. The Labute approximate surface area is 154 Å². The van der Waals surface area contributed by atoms with E-state index in [1.807, 2.05) is 12.1 Å². The number of benzene rings is 2. The number of amides is 1. The molecule has 0 atom stereocenters. The second kappa shape index (κ2) is 8.60. The van der Waals surface area contributed by atoms with Gasteiger partial charge in [0.25, 0.3) is 5.91 Å². The highest BCUT2D eigenvalue weighted by Crippen LogP contribution is 2.25. The summed E-state index contributed by atoms with van der Waals surface area (Å²) in [5.41, 5.74) is 1.21. The normalized spacial score (nSPS) is 10.8. The topological polar surface area (TPSA) is 64.9 Å². The van der Waals surface area contributed by atoms with E-state index in [9.17, 15) is 4.79 Å². The van der Waals surface area contributed by atoms with E-state index in [0.717, 1.165) is 5.56 Å². The van der Waals surface area contributed by atoms with Gasteiger partial charge >= 0.3 is 0 Å². The summed E-state index contributed by atoms with van der Waals surface area (Å²) in [6.45, 7) is 0.221. The molecule has 2 aromatic carbocycles. The fourth-order valence-corrected chi connectivity index (χ4v) is 2.48. The van der Waals surface area contributed by atoms with E-state index in [4.69, 9.17) is 40.1 Å². The van der Waals surface area contributed by atoms with Crippen LogP contribution in [0, 0.1) is 11.3 Å². The largest absolute Gasteiger partial charge is 0.359 e. The summed E-state index contributed by atoms with van der Waals surface area (Å²) >= 11 is 17.9. The van der Waals surface area contributed by atoms with Gasteiger partial charge in [-0.3, -0.25) is 4.79 Å². The highest BCUT2D eigenvalue weighted by Gasteiger charge is 2.10. The van der Waals surface area contributed by atoms with Gasteiger partial charge in [-0.05, 0) is 29.8 Å². The van der Waals surface area contributed by atoms with Gasteiger partial charge in [0.2, 0.25) is 0 Å². The standard InChI is InChI=1S/C17H12Cl3N3O/c18-13-5-6-16(15(20)7-13)22-10-12(8-21)17(24)23-9-11-3-1-2-4-14(11)19/h1-7,10,22H,9H2,(H,23,24)/b12-10-. The molecule has 0 heterocycles. The van der Waals surface area contributed by atoms with E-state index < -0.39 is 5.91 Å². The average Bonchev–Trinajstić information content (AvgIpc) is 2.56. The summed E-state index contributed by atoms with van der Waals surface area (Å²) in [6, 6.07) is 13.8. The lowest BCUT2D eigenvalue weighted by molar-refractivity contribution is -0.117. The molecular formula is C17H12Cl3N3O. The van der Waals surface area contributed by atoms with E-state index in [1.165, 1.54) is 6.20 Å². The number of halogens is 3. The summed E-state index contributed by atoms with van der Waals surface area (Å²) in [5.74, 6) is -0.519. The molecule has 7 heteroatoms. The Balaban J connectivity index is 2.03. The maximum atomic E-state index is 12.1. The van der Waals surface area contributed by atoms with Crippen LogP contribution in [0.25, 0.3) is 0 Å². The predicted molar refractivity (Wildman–Crippen MR) is 97.1 cm³/mol. The number of hydrogen-bond donors (Lipinski definition) is 2. The molecule has 4 nitrogen and oxygen atoms in total. The second-order valence-electron chi connectivity index (χ2n) is 4.71. The number of anilines is 1. The number of nitriles is 1. The van der Waals surface area contributed by atoms with Crippen LogP contribution in [0.5, 0.6) is 0 Å². The molecule has 0 radical (unpaired) electrons. The SMILES string of the molecule is N#C/C(=C/Nc1ccc(Cl)cc1Cl)C(=O)NCc1ccccc1Cl. The number of carbonyl (C=O) groups is 1. The molecule has 0 saturated carbocycles. The van der Waals surface area contributed by atoms with Crippen LogP contribution in [0.3, 0.4) is 0 Å². The summed E-state index contributed by atoms with van der Waals surface area (Å²) in [5, 5.41) is 16.0. The third-order valence-electron chi connectivity index (χ3n) is 3.07. The molecule has 24 heavy (non-hydrogen) atoms. The van der Waals surface area contributed by atoms with E-state index in [1.54, 1.807) is 36.4 Å². The van der Waals surface area contributed by atoms with Crippen LogP contribution in [-0.4, -0.2) is 5.91 Å². The second-order valence-corrected chi connectivity index (χ2v) is 5.96. The van der Waals surface area contributed by atoms with Gasteiger partial charge in [0.15, 0.2) is 0 Å². The first-order valence-corrected chi connectivity index (χ1v) is 7.98. The third kappa shape index (κ3) is 4.90. The average molecular weight is 381 g/mol. The first-order chi connectivity index (χ1) is 11.5. The molecule has 2 rings (SSSR count). The van der Waals surface area contributed by atoms with Crippen molar-refractivity contribution in [1.29, 1.82) is 5.26 Å². The molecule has 0 aromatic heterocycles. The maximum Gasteiger partial charge on any atom is 0.263 e. The van der Waals surface area contributed by atoms with Gasteiger partial charge in [0.05, 0.1) is 10.7 Å². The van der Waals surface area contributed by atoms with Crippen molar-refractivity contribution in [3.8, 4) is 6.07 Å². The van der Waals surface area contributed by atoms with Crippen molar-refractivity contribution in [1.82, 2.24) is 5.32 Å². The minimum Gasteiger partial charge on any atom is -0.359 e. The van der Waals surface area contributed by atoms with Crippen LogP contribution in [0.15, 0.2) is 54.2 Å². The zero-order valence-electron chi connectivity index (χ0n) is 12.3. The highest BCUT2D eigenvalue weighted by molar-refractivity contribution is 6.36. The Bertz CT molecular complexity index is 828. The molecule has 0 unspecified atom stereocenters. The van der Waals surface area contributed by atoms with Crippen LogP contribution >= 0.6 is 34.8 Å². The van der Waals surface area contributed by atoms with Crippen LogP contribution in [0.1, 0.15) is 5.56 Å². The van der Waals surface area contributed by atoms with E-state index in [0.29, 0.717) is 20.8 Å². The number of hydrogen-bond acceptors (Lipinski definition) is 3. The number of nitrogens with one attached hydrogen (secondary N) is 2. The molecular weight excluding hydrogens is 369 g/mol. The zero-order chi connectivity index (χ0) is 17.5. The van der Waals surface area contributed by atoms with Crippen LogP contribution in [0.2, 0.25) is 15.1 Å². The van der Waals surface area contributed by atoms with Gasteiger partial charge in [0.1, 0.15) is 11.6 Å². The van der Waals surface area contributed by atoms with Crippen LogP contribution < -0.4 is 10.6 Å². The van der Waals surface area contributed by atoms with Gasteiger partial charge < -0.3 is 10.6 Å². The molecule has 2 N–H and O–H groups in total. The van der Waals surface area contributed by atoms with E-state index in [2.05, 4.69) is 10.6 Å². The Morgan fingerprint density at radius 2 is 1.88 bits per heavy atom. The van der Waals surface area contributed by atoms with Crippen molar-refractivity contribution in [2.75, 3.05) is 5.32 Å². The van der Waals surface area contributed by atoms with Crippen molar-refractivity contribution in [2.24, 2.45) is 0 Å². The Morgan fingerprint density at radius 1 is 1.12 bits per heavy atom. The lowest BCUT2D eigenvalue weighted by atomic mass is 10.2. The van der Waals surface area contributed by atoms with Gasteiger partial charge in [0, 0.05) is 22.8 Å². The molecule has 0 spiro atoms.